The van der Waals surface area contributed by atoms with Gasteiger partial charge in [-0.05, 0) is 68.8 Å². The summed E-state index contributed by atoms with van der Waals surface area (Å²) in [6.45, 7) is 12.4. The number of ether oxygens (including phenoxy) is 2. The van der Waals surface area contributed by atoms with Crippen molar-refractivity contribution in [2.75, 3.05) is 6.61 Å². The largest absolute Gasteiger partial charge is 0.396 e. The van der Waals surface area contributed by atoms with Gasteiger partial charge >= 0.3 is 0 Å². The van der Waals surface area contributed by atoms with Crippen molar-refractivity contribution < 1.29 is 24.5 Å². The highest BCUT2D eigenvalue weighted by atomic mass is 16.7. The van der Waals surface area contributed by atoms with Gasteiger partial charge in [-0.2, -0.15) is 0 Å². The van der Waals surface area contributed by atoms with Crippen molar-refractivity contribution in [3.05, 3.63) is 12.2 Å². The van der Waals surface area contributed by atoms with E-state index in [-0.39, 0.29) is 47.8 Å². The predicted molar refractivity (Wildman–Crippen MR) is 103 cm³/mol. The second-order valence-electron chi connectivity index (χ2n) is 11.2. The Labute approximate surface area is 167 Å². The fraction of sp³-hybridized carbons (Fsp3) is 0.870. The van der Waals surface area contributed by atoms with Crippen LogP contribution in [0.2, 0.25) is 0 Å². The van der Waals surface area contributed by atoms with Crippen molar-refractivity contribution in [1.29, 1.82) is 0 Å². The van der Waals surface area contributed by atoms with Gasteiger partial charge < -0.3 is 19.7 Å². The van der Waals surface area contributed by atoms with Crippen LogP contribution in [0.3, 0.4) is 0 Å². The zero-order valence-corrected chi connectivity index (χ0v) is 17.5. The number of rotatable bonds is 1. The monoisotopic (exact) mass is 390 g/mol. The summed E-state index contributed by atoms with van der Waals surface area (Å²) in [5.74, 6) is -0.710. The van der Waals surface area contributed by atoms with Gasteiger partial charge in [0.25, 0.3) is 0 Å². The highest BCUT2D eigenvalue weighted by Gasteiger charge is 2.79. The van der Waals surface area contributed by atoms with Crippen molar-refractivity contribution in [3.63, 3.8) is 0 Å². The molecular formula is C23H34O5. The first kappa shape index (κ1) is 19.2. The number of aliphatic hydroxyl groups is 2. The Balaban J connectivity index is 1.75. The van der Waals surface area contributed by atoms with Crippen LogP contribution in [0.1, 0.15) is 59.8 Å². The van der Waals surface area contributed by atoms with Crippen LogP contribution in [0.4, 0.5) is 0 Å². The average Bonchev–Trinajstić information content (AvgIpc) is 2.74. The van der Waals surface area contributed by atoms with Gasteiger partial charge in [0.1, 0.15) is 0 Å². The molecule has 2 N–H and O–H groups in total. The van der Waals surface area contributed by atoms with Crippen molar-refractivity contribution >= 4 is 5.78 Å². The number of fused-ring (bicyclic) bond motifs is 2. The van der Waals surface area contributed by atoms with E-state index in [1.54, 1.807) is 0 Å². The molecule has 5 rings (SSSR count). The van der Waals surface area contributed by atoms with E-state index < -0.39 is 22.7 Å². The third kappa shape index (κ3) is 1.95. The first-order valence-corrected chi connectivity index (χ1v) is 10.9. The van der Waals surface area contributed by atoms with E-state index in [1.807, 2.05) is 13.8 Å². The molecule has 1 aliphatic heterocycles. The van der Waals surface area contributed by atoms with Crippen LogP contribution in [0.5, 0.6) is 0 Å². The molecule has 28 heavy (non-hydrogen) atoms. The second kappa shape index (κ2) is 5.48. The quantitative estimate of drug-likeness (QED) is 0.674. The summed E-state index contributed by atoms with van der Waals surface area (Å²) in [5.41, 5.74) is -0.866. The summed E-state index contributed by atoms with van der Waals surface area (Å²) in [4.78, 5) is 13.7. The first-order valence-electron chi connectivity index (χ1n) is 10.9. The van der Waals surface area contributed by atoms with Crippen LogP contribution in [0.25, 0.3) is 0 Å². The third-order valence-electron chi connectivity index (χ3n) is 9.33. The third-order valence-corrected chi connectivity index (χ3v) is 9.33. The molecule has 0 aromatic heterocycles. The van der Waals surface area contributed by atoms with Crippen molar-refractivity contribution in [2.45, 2.75) is 83.9 Å². The maximum atomic E-state index is 13.7. The van der Waals surface area contributed by atoms with Gasteiger partial charge in [-0.25, -0.2) is 0 Å². The Bertz CT molecular complexity index is 741. The van der Waals surface area contributed by atoms with Crippen LogP contribution >= 0.6 is 0 Å². The standard InChI is InChI=1S/C23H34O5/c1-12-13-6-7-14-22(11-24)15(20(2,3)9-8-16(22)25)10-17-23(14,18(12)26)19(13)28-21(4,5)27-17/h13-17,19,24-25H,1,6-11H2,2-5H3/t13-,14-,15+,16-,17+,19+,22-,23-/m0/s1. The normalized spacial score (nSPS) is 53.5. The van der Waals surface area contributed by atoms with Gasteiger partial charge in [0, 0.05) is 11.3 Å². The molecule has 0 aromatic carbocycles. The lowest BCUT2D eigenvalue weighted by Crippen LogP contribution is -2.75. The van der Waals surface area contributed by atoms with Gasteiger partial charge in [-0.15, -0.1) is 0 Å². The fourth-order valence-electron chi connectivity index (χ4n) is 8.29. The summed E-state index contributed by atoms with van der Waals surface area (Å²) in [6.07, 6.45) is 2.76. The van der Waals surface area contributed by atoms with Gasteiger partial charge in [0.15, 0.2) is 11.6 Å². The number of carbonyl (C=O) groups is 1. The van der Waals surface area contributed by atoms with Crippen LogP contribution in [0.15, 0.2) is 12.2 Å². The van der Waals surface area contributed by atoms with E-state index in [4.69, 9.17) is 9.47 Å². The summed E-state index contributed by atoms with van der Waals surface area (Å²) in [6, 6.07) is 0. The van der Waals surface area contributed by atoms with Crippen molar-refractivity contribution in [3.8, 4) is 0 Å². The highest BCUT2D eigenvalue weighted by molar-refractivity contribution is 6.04. The maximum Gasteiger partial charge on any atom is 0.170 e. The molecule has 4 aliphatic carbocycles. The van der Waals surface area contributed by atoms with Gasteiger partial charge in [-0.1, -0.05) is 20.4 Å². The van der Waals surface area contributed by atoms with E-state index in [0.29, 0.717) is 18.4 Å². The molecule has 5 heteroatoms. The number of ketones is 1. The number of aliphatic hydroxyl groups excluding tert-OH is 2. The molecule has 5 aliphatic rings. The van der Waals surface area contributed by atoms with Crippen LogP contribution in [0, 0.1) is 34.0 Å². The van der Waals surface area contributed by atoms with Crippen LogP contribution < -0.4 is 0 Å². The van der Waals surface area contributed by atoms with Crippen LogP contribution in [-0.2, 0) is 14.3 Å². The molecule has 1 spiro atoms. The Morgan fingerprint density at radius 3 is 2.50 bits per heavy atom. The van der Waals surface area contributed by atoms with E-state index in [0.717, 1.165) is 19.3 Å². The van der Waals surface area contributed by atoms with Crippen LogP contribution in [-0.4, -0.2) is 46.7 Å². The molecule has 1 saturated heterocycles. The van der Waals surface area contributed by atoms with E-state index in [2.05, 4.69) is 20.4 Å². The topological polar surface area (TPSA) is 76.0 Å². The van der Waals surface area contributed by atoms with E-state index >= 15 is 0 Å². The molecule has 156 valence electrons. The summed E-state index contributed by atoms with van der Waals surface area (Å²) in [7, 11) is 0. The van der Waals surface area contributed by atoms with Gasteiger partial charge in [0.05, 0.1) is 30.3 Å². The fourth-order valence-corrected chi connectivity index (χ4v) is 8.29. The minimum absolute atomic E-state index is 0.0236. The molecule has 5 nitrogen and oxygen atoms in total. The number of hydrogen-bond acceptors (Lipinski definition) is 5. The summed E-state index contributed by atoms with van der Waals surface area (Å²) >= 11 is 0. The number of hydrogen-bond donors (Lipinski definition) is 2. The second-order valence-corrected chi connectivity index (χ2v) is 11.2. The molecular weight excluding hydrogens is 356 g/mol. The highest BCUT2D eigenvalue weighted by Crippen LogP contribution is 2.73. The van der Waals surface area contributed by atoms with Crippen molar-refractivity contribution in [1.82, 2.24) is 0 Å². The summed E-state index contributed by atoms with van der Waals surface area (Å²) < 4.78 is 12.9. The minimum atomic E-state index is -0.816. The zero-order valence-electron chi connectivity index (χ0n) is 17.5. The Morgan fingerprint density at radius 2 is 1.82 bits per heavy atom. The average molecular weight is 391 g/mol. The molecule has 4 saturated carbocycles. The zero-order chi connectivity index (χ0) is 20.3. The van der Waals surface area contributed by atoms with Gasteiger partial charge in [0.2, 0.25) is 0 Å². The SMILES string of the molecule is C=C1C(=O)[C@@]23[C@@H]4OC(C)(C)O[C@@H]2C[C@@H]2C(C)(C)CC[C@H](O)[C@@]2(CO)[C@@H]3CC[C@@H]14. The number of Topliss-reactive ketones (excluding diaryl/α,β-unsaturated/α-hetero) is 1. The predicted octanol–water partition coefficient (Wildman–Crippen LogP) is 2.84. The first-order chi connectivity index (χ1) is 13.0. The minimum Gasteiger partial charge on any atom is -0.396 e. The molecule has 0 aromatic rings. The summed E-state index contributed by atoms with van der Waals surface area (Å²) in [5, 5.41) is 22.1. The lowest BCUT2D eigenvalue weighted by molar-refractivity contribution is -0.388. The van der Waals surface area contributed by atoms with E-state index in [9.17, 15) is 15.0 Å². The molecule has 2 bridgehead atoms. The number of carbonyl (C=O) groups excluding carboxylic acids is 1. The molecule has 0 unspecified atom stereocenters. The molecule has 5 fully saturated rings. The molecule has 1 heterocycles. The van der Waals surface area contributed by atoms with E-state index in [1.165, 1.54) is 0 Å². The Kier molecular flexibility index (Phi) is 3.76. The van der Waals surface area contributed by atoms with Crippen molar-refractivity contribution in [2.24, 2.45) is 34.0 Å². The Hall–Kier alpha value is -0.750. The Morgan fingerprint density at radius 1 is 1.11 bits per heavy atom. The lowest BCUT2D eigenvalue weighted by atomic mass is 9.38. The molecule has 0 amide bonds. The maximum absolute atomic E-state index is 13.7. The smallest absolute Gasteiger partial charge is 0.170 e. The molecule has 0 radical (unpaired) electrons. The van der Waals surface area contributed by atoms with Gasteiger partial charge in [-0.3, -0.25) is 4.79 Å². The molecule has 8 atom stereocenters. The lowest BCUT2D eigenvalue weighted by Gasteiger charge is -2.69.